The lowest BCUT2D eigenvalue weighted by Gasteiger charge is -2.29. The zero-order chi connectivity index (χ0) is 13.6. The number of benzene rings is 1. The Morgan fingerprint density at radius 3 is 2.00 bits per heavy atom. The number of nitrogens with one attached hydrogen (secondary N) is 1. The lowest BCUT2D eigenvalue weighted by Crippen LogP contribution is -2.20. The van der Waals surface area contributed by atoms with Gasteiger partial charge in [0.1, 0.15) is 0 Å². The molecule has 1 aromatic rings. The van der Waals surface area contributed by atoms with Gasteiger partial charge < -0.3 is 5.41 Å². The molecule has 3 heteroatoms. The van der Waals surface area contributed by atoms with Crippen molar-refractivity contribution in [2.45, 2.75) is 51.3 Å². The van der Waals surface area contributed by atoms with Gasteiger partial charge in [0.05, 0.1) is 0 Å². The molecule has 0 atom stereocenters. The summed E-state index contributed by atoms with van der Waals surface area (Å²) in [6.45, 7) is 6.64. The van der Waals surface area contributed by atoms with Crippen molar-refractivity contribution in [2.24, 2.45) is 10.6 Å². The van der Waals surface area contributed by atoms with E-state index in [0.29, 0.717) is 5.41 Å². The quantitative estimate of drug-likeness (QED) is 0.730. The highest BCUT2D eigenvalue weighted by Crippen LogP contribution is 2.33. The van der Waals surface area contributed by atoms with Crippen LogP contribution in [0.4, 0.5) is 0 Å². The van der Waals surface area contributed by atoms with Crippen molar-refractivity contribution < 1.29 is 0 Å². The number of aryl methyl sites for hydroxylation is 1. The molecular formula is C15H24N2S. The van der Waals surface area contributed by atoms with Crippen LogP contribution >= 0.6 is 11.9 Å². The van der Waals surface area contributed by atoms with Crippen LogP contribution in [0.2, 0.25) is 0 Å². The lowest BCUT2D eigenvalue weighted by atomic mass is 9.77. The third-order valence-corrected chi connectivity index (χ3v) is 3.91. The average Bonchev–Trinajstić information content (AvgIpc) is 2.35. The Kier molecular flexibility index (Phi) is 5.89. The summed E-state index contributed by atoms with van der Waals surface area (Å²) < 4.78 is 0. The Balaban J connectivity index is 0.000000180. The van der Waals surface area contributed by atoms with Crippen LogP contribution in [-0.4, -0.2) is 5.71 Å². The highest BCUT2D eigenvalue weighted by atomic mass is 32.2. The van der Waals surface area contributed by atoms with Gasteiger partial charge in [0.2, 0.25) is 0 Å². The maximum Gasteiger partial charge on any atom is 0.0226 e. The molecule has 0 saturated heterocycles. The smallest absolute Gasteiger partial charge is 0.0226 e. The molecule has 1 aliphatic rings. The highest BCUT2D eigenvalue weighted by molar-refractivity contribution is 7.97. The van der Waals surface area contributed by atoms with Crippen LogP contribution in [0, 0.1) is 17.7 Å². The molecule has 0 aromatic heterocycles. The second-order valence-corrected chi connectivity index (χ2v) is 6.41. The van der Waals surface area contributed by atoms with Gasteiger partial charge in [-0.3, -0.25) is 5.14 Å². The van der Waals surface area contributed by atoms with Gasteiger partial charge in [-0.2, -0.15) is 0 Å². The predicted octanol–water partition coefficient (Wildman–Crippen LogP) is 4.57. The van der Waals surface area contributed by atoms with E-state index in [4.69, 9.17) is 10.5 Å². The van der Waals surface area contributed by atoms with Crippen LogP contribution in [0.3, 0.4) is 0 Å². The SMILES string of the molecule is CC1(C)CCC(=N)CC1.Cc1ccc(SN)cc1. The van der Waals surface area contributed by atoms with E-state index in [1.807, 2.05) is 12.1 Å². The van der Waals surface area contributed by atoms with Crippen molar-refractivity contribution in [3.05, 3.63) is 29.8 Å². The second-order valence-electron chi connectivity index (χ2n) is 5.70. The third kappa shape index (κ3) is 5.69. The van der Waals surface area contributed by atoms with E-state index >= 15 is 0 Å². The molecule has 0 amide bonds. The van der Waals surface area contributed by atoms with E-state index in [1.165, 1.54) is 30.4 Å². The van der Waals surface area contributed by atoms with Crippen LogP contribution < -0.4 is 5.14 Å². The summed E-state index contributed by atoms with van der Waals surface area (Å²) in [4.78, 5) is 1.11. The maximum absolute atomic E-state index is 7.37. The zero-order valence-electron chi connectivity index (χ0n) is 11.6. The Morgan fingerprint density at radius 1 is 1.11 bits per heavy atom. The van der Waals surface area contributed by atoms with E-state index in [9.17, 15) is 0 Å². The summed E-state index contributed by atoms with van der Waals surface area (Å²) in [6.07, 6.45) is 4.50. The molecule has 0 aliphatic heterocycles. The van der Waals surface area contributed by atoms with Gasteiger partial charge >= 0.3 is 0 Å². The maximum atomic E-state index is 7.37. The molecule has 0 bridgehead atoms. The Labute approximate surface area is 115 Å². The molecule has 2 nitrogen and oxygen atoms in total. The molecule has 3 N–H and O–H groups in total. The number of rotatable bonds is 1. The van der Waals surface area contributed by atoms with E-state index in [2.05, 4.69) is 32.9 Å². The lowest BCUT2D eigenvalue weighted by molar-refractivity contribution is 0.301. The summed E-state index contributed by atoms with van der Waals surface area (Å²) in [7, 11) is 0. The summed E-state index contributed by atoms with van der Waals surface area (Å²) in [5.41, 5.74) is 2.74. The van der Waals surface area contributed by atoms with Gasteiger partial charge in [0.25, 0.3) is 0 Å². The van der Waals surface area contributed by atoms with Crippen LogP contribution in [0.5, 0.6) is 0 Å². The average molecular weight is 264 g/mol. The van der Waals surface area contributed by atoms with Crippen LogP contribution in [0.25, 0.3) is 0 Å². The Morgan fingerprint density at radius 2 is 1.61 bits per heavy atom. The Hall–Kier alpha value is -0.800. The molecule has 2 rings (SSSR count). The summed E-state index contributed by atoms with van der Waals surface area (Å²) >= 11 is 1.28. The molecule has 1 aliphatic carbocycles. The predicted molar refractivity (Wildman–Crippen MR) is 81.2 cm³/mol. The molecule has 0 radical (unpaired) electrons. The van der Waals surface area contributed by atoms with Gasteiger partial charge in [-0.1, -0.05) is 31.5 Å². The third-order valence-electron chi connectivity index (χ3n) is 3.36. The van der Waals surface area contributed by atoms with Crippen molar-refractivity contribution in [1.82, 2.24) is 0 Å². The topological polar surface area (TPSA) is 49.9 Å². The van der Waals surface area contributed by atoms with Crippen molar-refractivity contribution in [1.29, 1.82) is 5.41 Å². The standard InChI is InChI=1S/C8H15N.C7H9NS/c1-8(2)5-3-7(9)4-6-8;1-6-2-4-7(9-8)5-3-6/h9H,3-6H2,1-2H3;2-5H,8H2,1H3. The Bertz CT molecular complexity index is 370. The van der Waals surface area contributed by atoms with E-state index in [1.54, 1.807) is 0 Å². The summed E-state index contributed by atoms with van der Waals surface area (Å²) in [5.74, 6) is 0. The van der Waals surface area contributed by atoms with Crippen molar-refractivity contribution in [3.63, 3.8) is 0 Å². The fraction of sp³-hybridized carbons (Fsp3) is 0.533. The van der Waals surface area contributed by atoms with Gasteiger partial charge in [-0.15, -0.1) is 0 Å². The first-order valence-corrected chi connectivity index (χ1v) is 7.31. The molecule has 1 aromatic carbocycles. The summed E-state index contributed by atoms with van der Waals surface area (Å²) in [5, 5.41) is 12.7. The monoisotopic (exact) mass is 264 g/mol. The van der Waals surface area contributed by atoms with Crippen molar-refractivity contribution in [3.8, 4) is 0 Å². The molecule has 0 heterocycles. The molecule has 0 spiro atoms. The van der Waals surface area contributed by atoms with Crippen molar-refractivity contribution >= 4 is 17.7 Å². The van der Waals surface area contributed by atoms with Crippen LogP contribution in [0.15, 0.2) is 29.2 Å². The first-order valence-electron chi connectivity index (χ1n) is 6.43. The number of nitrogens with two attached hydrogens (primary N) is 1. The number of hydrogen-bond acceptors (Lipinski definition) is 3. The fourth-order valence-electron chi connectivity index (χ4n) is 1.85. The highest BCUT2D eigenvalue weighted by Gasteiger charge is 2.22. The molecule has 100 valence electrons. The van der Waals surface area contributed by atoms with E-state index < -0.39 is 0 Å². The minimum Gasteiger partial charge on any atom is -0.310 e. The first-order chi connectivity index (χ1) is 8.43. The van der Waals surface area contributed by atoms with Crippen molar-refractivity contribution in [2.75, 3.05) is 0 Å². The van der Waals surface area contributed by atoms with Crippen LogP contribution in [0.1, 0.15) is 45.1 Å². The second kappa shape index (κ2) is 6.95. The minimum absolute atomic E-state index is 0.518. The molecule has 1 saturated carbocycles. The molecular weight excluding hydrogens is 240 g/mol. The van der Waals surface area contributed by atoms with Gasteiger partial charge in [0, 0.05) is 10.6 Å². The molecule has 18 heavy (non-hydrogen) atoms. The van der Waals surface area contributed by atoms with Gasteiger partial charge in [-0.25, -0.2) is 0 Å². The number of hydrogen-bond donors (Lipinski definition) is 2. The minimum atomic E-state index is 0.518. The fourth-order valence-corrected chi connectivity index (χ4v) is 2.14. The van der Waals surface area contributed by atoms with Gasteiger partial charge in [-0.05, 0) is 62.1 Å². The largest absolute Gasteiger partial charge is 0.310 e. The zero-order valence-corrected chi connectivity index (χ0v) is 12.4. The molecule has 0 unspecified atom stereocenters. The molecule has 1 fully saturated rings. The van der Waals surface area contributed by atoms with Crippen LogP contribution in [-0.2, 0) is 0 Å². The van der Waals surface area contributed by atoms with E-state index in [0.717, 1.165) is 23.4 Å². The van der Waals surface area contributed by atoms with Gasteiger partial charge in [0.15, 0.2) is 0 Å². The van der Waals surface area contributed by atoms with E-state index in [-0.39, 0.29) is 0 Å². The normalized spacial score (nSPS) is 17.9. The first kappa shape index (κ1) is 15.3. The summed E-state index contributed by atoms with van der Waals surface area (Å²) in [6, 6.07) is 8.13.